The molecule has 0 amide bonds. The van der Waals surface area contributed by atoms with E-state index in [-0.39, 0.29) is 11.4 Å². The van der Waals surface area contributed by atoms with Gasteiger partial charge in [0.1, 0.15) is 23.0 Å². The van der Waals surface area contributed by atoms with Crippen molar-refractivity contribution in [1.82, 2.24) is 0 Å². The molecule has 1 aliphatic rings. The number of nitrogen functional groups attached to an aromatic ring is 1. The van der Waals surface area contributed by atoms with Gasteiger partial charge in [-0.05, 0) is 49.7 Å². The van der Waals surface area contributed by atoms with Crippen LogP contribution in [0.1, 0.15) is 25.0 Å². The molecule has 2 aromatic carbocycles. The maximum atomic E-state index is 14.3. The first-order valence-corrected chi connectivity index (χ1v) is 9.54. The van der Waals surface area contributed by atoms with Gasteiger partial charge < -0.3 is 11.5 Å². The fraction of sp³-hybridized carbons (Fsp3) is 0.278. The van der Waals surface area contributed by atoms with Crippen LogP contribution >= 0.6 is 0 Å². The molecule has 0 bridgehead atoms. The second-order valence-electron chi connectivity index (χ2n) is 6.81. The predicted molar refractivity (Wildman–Crippen MR) is 97.3 cm³/mol. The van der Waals surface area contributed by atoms with Crippen LogP contribution in [0.3, 0.4) is 0 Å². The Kier molecular flexibility index (Phi) is 4.06. The number of amidine groups is 1. The molecule has 0 radical (unpaired) electrons. The van der Waals surface area contributed by atoms with Crippen molar-refractivity contribution in [3.8, 4) is 0 Å². The molecule has 1 aliphatic heterocycles. The van der Waals surface area contributed by atoms with Gasteiger partial charge in [-0.3, -0.25) is 4.99 Å². The van der Waals surface area contributed by atoms with Crippen LogP contribution in [0.5, 0.6) is 0 Å². The number of benzene rings is 2. The van der Waals surface area contributed by atoms with E-state index in [1.165, 1.54) is 44.2 Å². The van der Waals surface area contributed by atoms with Crippen LogP contribution in [0, 0.1) is 11.6 Å². The first-order valence-electron chi connectivity index (χ1n) is 7.89. The van der Waals surface area contributed by atoms with Crippen molar-refractivity contribution in [2.75, 3.05) is 11.5 Å². The van der Waals surface area contributed by atoms with Crippen molar-refractivity contribution in [3.05, 3.63) is 65.2 Å². The molecule has 5 nitrogen and oxygen atoms in total. The Morgan fingerprint density at radius 2 is 1.65 bits per heavy atom. The molecule has 0 saturated heterocycles. The third-order valence-corrected chi connectivity index (χ3v) is 7.55. The van der Waals surface area contributed by atoms with Crippen molar-refractivity contribution >= 4 is 21.4 Å². The summed E-state index contributed by atoms with van der Waals surface area (Å²) in [6.07, 6.45) is 0. The van der Waals surface area contributed by atoms with Gasteiger partial charge in [0.2, 0.25) is 0 Å². The minimum Gasteiger partial charge on any atom is -0.399 e. The SMILES string of the molecule is C[C@@]1(c2ccc(F)cc2)C(N)=N[C@](C)(c2cc(N)ccc2F)CS1(=O)=O. The summed E-state index contributed by atoms with van der Waals surface area (Å²) in [5, 5.41) is 0. The Hall–Kier alpha value is -2.48. The van der Waals surface area contributed by atoms with E-state index in [1.54, 1.807) is 0 Å². The normalized spacial score (nSPS) is 27.8. The molecule has 8 heteroatoms. The van der Waals surface area contributed by atoms with Crippen molar-refractivity contribution < 1.29 is 17.2 Å². The number of nitrogens with zero attached hydrogens (tertiary/aromatic N) is 1. The second kappa shape index (κ2) is 5.77. The molecule has 26 heavy (non-hydrogen) atoms. The summed E-state index contributed by atoms with van der Waals surface area (Å²) in [7, 11) is -3.91. The smallest absolute Gasteiger partial charge is 0.169 e. The monoisotopic (exact) mass is 379 g/mol. The average molecular weight is 379 g/mol. The van der Waals surface area contributed by atoms with Crippen LogP contribution < -0.4 is 11.5 Å². The van der Waals surface area contributed by atoms with Gasteiger partial charge in [0, 0.05) is 11.3 Å². The molecule has 0 spiro atoms. The van der Waals surface area contributed by atoms with Crippen molar-refractivity contribution in [2.24, 2.45) is 10.7 Å². The third kappa shape index (κ3) is 2.65. The van der Waals surface area contributed by atoms with E-state index in [1.807, 2.05) is 0 Å². The molecule has 0 unspecified atom stereocenters. The van der Waals surface area contributed by atoms with Gasteiger partial charge in [-0.15, -0.1) is 0 Å². The lowest BCUT2D eigenvalue weighted by Crippen LogP contribution is -2.54. The zero-order valence-electron chi connectivity index (χ0n) is 14.3. The zero-order valence-corrected chi connectivity index (χ0v) is 15.1. The molecule has 2 atom stereocenters. The van der Waals surface area contributed by atoms with E-state index in [4.69, 9.17) is 11.5 Å². The van der Waals surface area contributed by atoms with E-state index in [9.17, 15) is 17.2 Å². The van der Waals surface area contributed by atoms with Crippen LogP contribution in [-0.2, 0) is 20.1 Å². The number of hydrogen-bond acceptors (Lipinski definition) is 5. The summed E-state index contributed by atoms with van der Waals surface area (Å²) in [6.45, 7) is 2.92. The fourth-order valence-electron chi connectivity index (χ4n) is 3.27. The number of halogens is 2. The third-order valence-electron chi connectivity index (χ3n) is 4.91. The standard InChI is InChI=1S/C18H19F2N3O2S/c1-17(14-9-13(21)7-8-15(14)20)10-26(24,25)18(2,16(22)23-17)11-3-5-12(19)6-4-11/h3-9H,10,21H2,1-2H3,(H2,22,23)/t17-,18+/m0/s1. The van der Waals surface area contributed by atoms with Crippen molar-refractivity contribution in [2.45, 2.75) is 24.1 Å². The van der Waals surface area contributed by atoms with Crippen molar-refractivity contribution in [1.29, 1.82) is 0 Å². The van der Waals surface area contributed by atoms with Gasteiger partial charge in [0.15, 0.2) is 14.6 Å². The number of anilines is 1. The minimum atomic E-state index is -3.91. The highest BCUT2D eigenvalue weighted by molar-refractivity contribution is 7.93. The Labute approximate surface area is 150 Å². The number of hydrogen-bond donors (Lipinski definition) is 2. The van der Waals surface area contributed by atoms with Gasteiger partial charge in [0.05, 0.1) is 5.75 Å². The van der Waals surface area contributed by atoms with Crippen LogP contribution in [0.2, 0.25) is 0 Å². The highest BCUT2D eigenvalue weighted by Crippen LogP contribution is 2.42. The van der Waals surface area contributed by atoms with Gasteiger partial charge in [-0.25, -0.2) is 17.2 Å². The second-order valence-corrected chi connectivity index (χ2v) is 9.14. The Balaban J connectivity index is 2.21. The first kappa shape index (κ1) is 18.3. The van der Waals surface area contributed by atoms with E-state index < -0.39 is 37.5 Å². The Morgan fingerprint density at radius 1 is 1.04 bits per heavy atom. The van der Waals surface area contributed by atoms with Crippen LogP contribution in [0.4, 0.5) is 14.5 Å². The summed E-state index contributed by atoms with van der Waals surface area (Å²) in [6, 6.07) is 8.96. The van der Waals surface area contributed by atoms with E-state index in [0.29, 0.717) is 11.3 Å². The Morgan fingerprint density at radius 3 is 2.23 bits per heavy atom. The topological polar surface area (TPSA) is 98.5 Å². The number of sulfone groups is 1. The van der Waals surface area contributed by atoms with Gasteiger partial charge >= 0.3 is 0 Å². The molecule has 0 saturated carbocycles. The zero-order chi connectivity index (χ0) is 19.3. The Bertz CT molecular complexity index is 1010. The summed E-state index contributed by atoms with van der Waals surface area (Å²) in [4.78, 5) is 4.36. The summed E-state index contributed by atoms with van der Waals surface area (Å²) < 4.78 is 52.3. The highest BCUT2D eigenvalue weighted by Gasteiger charge is 2.53. The molecular weight excluding hydrogens is 360 g/mol. The maximum Gasteiger partial charge on any atom is 0.169 e. The molecule has 138 valence electrons. The molecule has 3 rings (SSSR count). The summed E-state index contributed by atoms with van der Waals surface area (Å²) >= 11 is 0. The number of nitrogens with two attached hydrogens (primary N) is 2. The summed E-state index contributed by atoms with van der Waals surface area (Å²) in [5.74, 6) is -1.75. The van der Waals surface area contributed by atoms with Gasteiger partial charge in [0.25, 0.3) is 0 Å². The van der Waals surface area contributed by atoms with E-state index in [0.717, 1.165) is 12.1 Å². The molecule has 0 aliphatic carbocycles. The molecule has 1 heterocycles. The van der Waals surface area contributed by atoms with Gasteiger partial charge in [-0.1, -0.05) is 12.1 Å². The maximum absolute atomic E-state index is 14.3. The lowest BCUT2D eigenvalue weighted by atomic mass is 9.91. The van der Waals surface area contributed by atoms with E-state index in [2.05, 4.69) is 4.99 Å². The lowest BCUT2D eigenvalue weighted by Gasteiger charge is -2.40. The number of aliphatic imine (C=N–C) groups is 1. The molecule has 2 aromatic rings. The van der Waals surface area contributed by atoms with Crippen molar-refractivity contribution in [3.63, 3.8) is 0 Å². The quantitative estimate of drug-likeness (QED) is 0.783. The van der Waals surface area contributed by atoms with Crippen LogP contribution in [0.25, 0.3) is 0 Å². The summed E-state index contributed by atoms with van der Waals surface area (Å²) in [5.41, 5.74) is 11.0. The van der Waals surface area contributed by atoms with Gasteiger partial charge in [-0.2, -0.15) is 0 Å². The lowest BCUT2D eigenvalue weighted by molar-refractivity contribution is 0.474. The van der Waals surface area contributed by atoms with E-state index >= 15 is 0 Å². The average Bonchev–Trinajstić information content (AvgIpc) is 2.55. The van der Waals surface area contributed by atoms with Crippen LogP contribution in [0.15, 0.2) is 47.5 Å². The largest absolute Gasteiger partial charge is 0.399 e. The molecule has 0 aromatic heterocycles. The predicted octanol–water partition coefficient (Wildman–Crippen LogP) is 2.46. The minimum absolute atomic E-state index is 0.0604. The van der Waals surface area contributed by atoms with Crippen LogP contribution in [-0.4, -0.2) is 20.0 Å². The fourth-order valence-corrected chi connectivity index (χ4v) is 5.38. The first-order chi connectivity index (χ1) is 12.0. The molecular formula is C18H19F2N3O2S. The molecule has 0 fully saturated rings. The number of rotatable bonds is 2. The highest BCUT2D eigenvalue weighted by atomic mass is 32.2. The molecule has 4 N–H and O–H groups in total.